The highest BCUT2D eigenvalue weighted by atomic mass is 15.4. The second-order valence-corrected chi connectivity index (χ2v) is 5.12. The van der Waals surface area contributed by atoms with Gasteiger partial charge in [-0.25, -0.2) is 4.68 Å². The minimum atomic E-state index is 0.333. The van der Waals surface area contributed by atoms with E-state index in [9.17, 15) is 0 Å². The van der Waals surface area contributed by atoms with Crippen molar-refractivity contribution in [1.82, 2.24) is 15.0 Å². The molecule has 0 radical (unpaired) electrons. The van der Waals surface area contributed by atoms with E-state index in [1.165, 1.54) is 11.1 Å². The summed E-state index contributed by atoms with van der Waals surface area (Å²) in [5.41, 5.74) is 4.45. The van der Waals surface area contributed by atoms with Crippen LogP contribution in [0, 0.1) is 0 Å². The molecule has 1 heterocycles. The molecule has 0 saturated carbocycles. The molecule has 0 saturated heterocycles. The van der Waals surface area contributed by atoms with Crippen molar-refractivity contribution in [2.24, 2.45) is 0 Å². The quantitative estimate of drug-likeness (QED) is 0.709. The lowest BCUT2D eigenvalue weighted by Gasteiger charge is -2.03. The summed E-state index contributed by atoms with van der Waals surface area (Å²) < 4.78 is 1.88. The van der Waals surface area contributed by atoms with Crippen molar-refractivity contribution in [3.63, 3.8) is 0 Å². The van der Waals surface area contributed by atoms with E-state index in [0.717, 1.165) is 11.3 Å². The van der Waals surface area contributed by atoms with Crippen LogP contribution in [0.5, 0.6) is 0 Å². The zero-order valence-electron chi connectivity index (χ0n) is 11.7. The van der Waals surface area contributed by atoms with Crippen LogP contribution >= 0.6 is 0 Å². The Morgan fingerprint density at radius 2 is 1.40 bits per heavy atom. The van der Waals surface area contributed by atoms with E-state index in [2.05, 4.69) is 72.7 Å². The first-order valence-electron chi connectivity index (χ1n) is 6.82. The van der Waals surface area contributed by atoms with Crippen molar-refractivity contribution in [3.05, 3.63) is 60.8 Å². The molecule has 3 heteroatoms. The first-order chi connectivity index (χ1) is 9.74. The second kappa shape index (κ2) is 5.29. The van der Waals surface area contributed by atoms with E-state index in [0.29, 0.717) is 6.04 Å². The second-order valence-electron chi connectivity index (χ2n) is 5.12. The molecule has 100 valence electrons. The highest BCUT2D eigenvalue weighted by molar-refractivity contribution is 5.68. The third-order valence-corrected chi connectivity index (χ3v) is 3.33. The molecule has 0 aliphatic rings. The number of benzene rings is 2. The minimum absolute atomic E-state index is 0.333. The Morgan fingerprint density at radius 3 is 2.00 bits per heavy atom. The van der Waals surface area contributed by atoms with E-state index in [1.807, 2.05) is 16.9 Å². The van der Waals surface area contributed by atoms with Gasteiger partial charge in [0.15, 0.2) is 0 Å². The lowest BCUT2D eigenvalue weighted by Crippen LogP contribution is -2.00. The maximum absolute atomic E-state index is 4.22. The number of hydrogen-bond donors (Lipinski definition) is 0. The summed E-state index contributed by atoms with van der Waals surface area (Å²) in [6.07, 6.45) is 1.99. The molecule has 3 aromatic rings. The number of nitrogens with zero attached hydrogens (tertiary/aromatic N) is 3. The number of aromatic nitrogens is 3. The van der Waals surface area contributed by atoms with E-state index in [-0.39, 0.29) is 0 Å². The molecule has 0 aliphatic heterocycles. The molecule has 0 atom stereocenters. The summed E-state index contributed by atoms with van der Waals surface area (Å²) in [6.45, 7) is 4.19. The number of hydrogen-bond acceptors (Lipinski definition) is 2. The SMILES string of the molecule is CC(C)n1cc(-c2ccc(-c3ccccc3)cc2)nn1. The van der Waals surface area contributed by atoms with Gasteiger partial charge in [0.25, 0.3) is 0 Å². The van der Waals surface area contributed by atoms with Crippen LogP contribution in [0.4, 0.5) is 0 Å². The van der Waals surface area contributed by atoms with Gasteiger partial charge < -0.3 is 0 Å². The fourth-order valence-electron chi connectivity index (χ4n) is 2.13. The van der Waals surface area contributed by atoms with E-state index in [1.54, 1.807) is 0 Å². The molecule has 20 heavy (non-hydrogen) atoms. The predicted molar refractivity (Wildman–Crippen MR) is 81.3 cm³/mol. The number of rotatable bonds is 3. The Bertz CT molecular complexity index is 682. The van der Waals surface area contributed by atoms with Crippen LogP contribution in [0.1, 0.15) is 19.9 Å². The molecule has 0 amide bonds. The molecule has 0 aliphatic carbocycles. The predicted octanol–water partition coefficient (Wildman–Crippen LogP) is 4.19. The zero-order valence-corrected chi connectivity index (χ0v) is 11.7. The molecular formula is C17H17N3. The first-order valence-corrected chi connectivity index (χ1v) is 6.82. The Hall–Kier alpha value is -2.42. The highest BCUT2D eigenvalue weighted by Crippen LogP contribution is 2.23. The Morgan fingerprint density at radius 1 is 0.800 bits per heavy atom. The molecule has 3 nitrogen and oxygen atoms in total. The monoisotopic (exact) mass is 263 g/mol. The molecule has 0 unspecified atom stereocenters. The van der Waals surface area contributed by atoms with Gasteiger partial charge in [0, 0.05) is 11.6 Å². The topological polar surface area (TPSA) is 30.7 Å². The van der Waals surface area contributed by atoms with Crippen molar-refractivity contribution < 1.29 is 0 Å². The lowest BCUT2D eigenvalue weighted by molar-refractivity contribution is 0.514. The Balaban J connectivity index is 1.89. The van der Waals surface area contributed by atoms with Crippen LogP contribution in [0.25, 0.3) is 22.4 Å². The average Bonchev–Trinajstić information content (AvgIpc) is 2.98. The first kappa shape index (κ1) is 12.6. The van der Waals surface area contributed by atoms with Crippen LogP contribution in [0.2, 0.25) is 0 Å². The fraction of sp³-hybridized carbons (Fsp3) is 0.176. The van der Waals surface area contributed by atoms with Gasteiger partial charge in [-0.2, -0.15) is 0 Å². The van der Waals surface area contributed by atoms with Crippen molar-refractivity contribution in [1.29, 1.82) is 0 Å². The Labute approximate surface area is 118 Å². The average molecular weight is 263 g/mol. The van der Waals surface area contributed by atoms with Crippen LogP contribution in [0.3, 0.4) is 0 Å². The van der Waals surface area contributed by atoms with E-state index >= 15 is 0 Å². The summed E-state index contributed by atoms with van der Waals surface area (Å²) >= 11 is 0. The largest absolute Gasteiger partial charge is 0.249 e. The van der Waals surface area contributed by atoms with Crippen LogP contribution in [0.15, 0.2) is 60.8 Å². The van der Waals surface area contributed by atoms with Gasteiger partial charge in [-0.1, -0.05) is 59.8 Å². The van der Waals surface area contributed by atoms with Gasteiger partial charge in [0.1, 0.15) is 5.69 Å². The minimum Gasteiger partial charge on any atom is -0.249 e. The third-order valence-electron chi connectivity index (χ3n) is 3.33. The summed E-state index contributed by atoms with van der Waals surface area (Å²) in [7, 11) is 0. The van der Waals surface area contributed by atoms with Gasteiger partial charge in [0.05, 0.1) is 6.20 Å². The maximum Gasteiger partial charge on any atom is 0.113 e. The van der Waals surface area contributed by atoms with Crippen molar-refractivity contribution in [2.45, 2.75) is 19.9 Å². The normalized spacial score (nSPS) is 10.9. The van der Waals surface area contributed by atoms with Crippen molar-refractivity contribution in [3.8, 4) is 22.4 Å². The summed E-state index contributed by atoms with van der Waals surface area (Å²) in [6, 6.07) is 19.1. The van der Waals surface area contributed by atoms with Gasteiger partial charge >= 0.3 is 0 Å². The van der Waals surface area contributed by atoms with Gasteiger partial charge in [-0.05, 0) is 25.0 Å². The fourth-order valence-corrected chi connectivity index (χ4v) is 2.13. The third kappa shape index (κ3) is 2.48. The maximum atomic E-state index is 4.22. The molecule has 0 fully saturated rings. The Kier molecular flexibility index (Phi) is 3.33. The van der Waals surface area contributed by atoms with Gasteiger partial charge in [-0.3, -0.25) is 0 Å². The highest BCUT2D eigenvalue weighted by Gasteiger charge is 2.06. The summed E-state index contributed by atoms with van der Waals surface area (Å²) in [4.78, 5) is 0. The molecule has 0 bridgehead atoms. The van der Waals surface area contributed by atoms with Gasteiger partial charge in [0.2, 0.25) is 0 Å². The molecule has 0 N–H and O–H groups in total. The van der Waals surface area contributed by atoms with Gasteiger partial charge in [-0.15, -0.1) is 5.10 Å². The van der Waals surface area contributed by atoms with E-state index in [4.69, 9.17) is 0 Å². The van der Waals surface area contributed by atoms with Crippen LogP contribution < -0.4 is 0 Å². The smallest absolute Gasteiger partial charge is 0.113 e. The van der Waals surface area contributed by atoms with Crippen molar-refractivity contribution in [2.75, 3.05) is 0 Å². The summed E-state index contributed by atoms with van der Waals surface area (Å²) in [5, 5.41) is 8.36. The van der Waals surface area contributed by atoms with Crippen LogP contribution in [-0.2, 0) is 0 Å². The molecular weight excluding hydrogens is 246 g/mol. The molecule has 0 spiro atoms. The van der Waals surface area contributed by atoms with E-state index < -0.39 is 0 Å². The molecule has 1 aromatic heterocycles. The zero-order chi connectivity index (χ0) is 13.9. The molecule has 2 aromatic carbocycles. The summed E-state index contributed by atoms with van der Waals surface area (Å²) in [5.74, 6) is 0. The molecule has 3 rings (SSSR count). The lowest BCUT2D eigenvalue weighted by atomic mass is 10.0. The van der Waals surface area contributed by atoms with Crippen LogP contribution in [-0.4, -0.2) is 15.0 Å². The standard InChI is InChI=1S/C17H17N3/c1-13(2)20-12-17(18-19-20)16-10-8-15(9-11-16)14-6-4-3-5-7-14/h3-13H,1-2H3. The van der Waals surface area contributed by atoms with Crippen molar-refractivity contribution >= 4 is 0 Å².